The van der Waals surface area contributed by atoms with Crippen molar-refractivity contribution in [3.63, 3.8) is 0 Å². The van der Waals surface area contributed by atoms with Crippen LogP contribution in [0.1, 0.15) is 50.7 Å². The number of nitrogens with one attached hydrogen (secondary N) is 1. The molecule has 0 aliphatic heterocycles. The van der Waals surface area contributed by atoms with E-state index < -0.39 is 12.1 Å². The van der Waals surface area contributed by atoms with Crippen molar-refractivity contribution < 1.29 is 24.2 Å². The summed E-state index contributed by atoms with van der Waals surface area (Å²) in [5.41, 5.74) is 4.63. The zero-order chi connectivity index (χ0) is 24.0. The molecule has 0 fully saturated rings. The summed E-state index contributed by atoms with van der Waals surface area (Å²) in [6.45, 7) is 5.77. The minimum atomic E-state index is -1.03. The highest BCUT2D eigenvalue weighted by molar-refractivity contribution is 5.82. The van der Waals surface area contributed by atoms with Crippen LogP contribution in [0.15, 0.2) is 48.5 Å². The molecule has 7 nitrogen and oxygen atoms in total. The number of carboxylic acids is 1. The van der Waals surface area contributed by atoms with Gasteiger partial charge in [-0.1, -0.05) is 62.4 Å². The Kier molecular flexibility index (Phi) is 8.09. The maximum atomic E-state index is 12.6. The first-order valence-electron chi connectivity index (χ1n) is 11.4. The number of ether oxygens (including phenoxy) is 1. The van der Waals surface area contributed by atoms with Gasteiger partial charge in [-0.15, -0.1) is 0 Å². The maximum Gasteiger partial charge on any atom is 0.407 e. The van der Waals surface area contributed by atoms with E-state index in [0.29, 0.717) is 6.42 Å². The Labute approximate surface area is 194 Å². The first-order valence-corrected chi connectivity index (χ1v) is 11.4. The summed E-state index contributed by atoms with van der Waals surface area (Å²) in [5.74, 6) is -1.43. The predicted octanol–water partition coefficient (Wildman–Crippen LogP) is 4.26. The van der Waals surface area contributed by atoms with E-state index in [-0.39, 0.29) is 49.9 Å². The highest BCUT2D eigenvalue weighted by Crippen LogP contribution is 2.44. The molecule has 0 spiro atoms. The van der Waals surface area contributed by atoms with Gasteiger partial charge in [0, 0.05) is 24.9 Å². The Morgan fingerprint density at radius 3 is 2.15 bits per heavy atom. The molecule has 33 heavy (non-hydrogen) atoms. The lowest BCUT2D eigenvalue weighted by atomic mass is 9.98. The molecule has 1 aliphatic carbocycles. The molecule has 0 bridgehead atoms. The maximum absolute atomic E-state index is 12.6. The second-order valence-electron chi connectivity index (χ2n) is 8.69. The molecule has 2 atom stereocenters. The number of carboxylic acid groups (broad SMARTS) is 1. The number of nitrogens with zero attached hydrogens (tertiary/aromatic N) is 1. The number of aliphatic carboxylic acids is 1. The summed E-state index contributed by atoms with van der Waals surface area (Å²) in [4.78, 5) is 37.4. The van der Waals surface area contributed by atoms with Crippen LogP contribution >= 0.6 is 0 Å². The summed E-state index contributed by atoms with van der Waals surface area (Å²) in [6.07, 6.45) is 0.299. The number of hydrogen-bond acceptors (Lipinski definition) is 4. The summed E-state index contributed by atoms with van der Waals surface area (Å²) in [5, 5.41) is 11.8. The van der Waals surface area contributed by atoms with E-state index in [1.807, 2.05) is 45.0 Å². The van der Waals surface area contributed by atoms with Gasteiger partial charge in [0.2, 0.25) is 5.91 Å². The van der Waals surface area contributed by atoms with Gasteiger partial charge in [-0.25, -0.2) is 4.79 Å². The molecular formula is C26H32N2O5. The Morgan fingerprint density at radius 1 is 1.03 bits per heavy atom. The SMILES string of the molecule is CCC(C)N(CC(=O)O)C(=O)CC(C)CNC(=O)OCC1c2ccccc2-c2ccccc21. The van der Waals surface area contributed by atoms with E-state index in [9.17, 15) is 14.4 Å². The third-order valence-electron chi connectivity index (χ3n) is 6.21. The van der Waals surface area contributed by atoms with E-state index in [1.54, 1.807) is 0 Å². The average molecular weight is 453 g/mol. The molecule has 2 amide bonds. The Morgan fingerprint density at radius 2 is 1.61 bits per heavy atom. The van der Waals surface area contributed by atoms with E-state index in [0.717, 1.165) is 11.1 Å². The second kappa shape index (κ2) is 11.0. The molecule has 0 saturated heterocycles. The van der Waals surface area contributed by atoms with Gasteiger partial charge in [0.1, 0.15) is 13.2 Å². The third-order valence-corrected chi connectivity index (χ3v) is 6.21. The van der Waals surface area contributed by atoms with Crippen molar-refractivity contribution in [1.82, 2.24) is 10.2 Å². The summed E-state index contributed by atoms with van der Waals surface area (Å²) in [7, 11) is 0. The highest BCUT2D eigenvalue weighted by atomic mass is 16.5. The molecule has 0 aromatic heterocycles. The van der Waals surface area contributed by atoms with Crippen LogP contribution in [-0.2, 0) is 14.3 Å². The third kappa shape index (κ3) is 5.92. The van der Waals surface area contributed by atoms with E-state index >= 15 is 0 Å². The first kappa shape index (κ1) is 24.3. The minimum absolute atomic E-state index is 0.0118. The van der Waals surface area contributed by atoms with Gasteiger partial charge in [-0.2, -0.15) is 0 Å². The van der Waals surface area contributed by atoms with Gasteiger partial charge in [0.15, 0.2) is 0 Å². The van der Waals surface area contributed by atoms with Crippen LogP contribution in [0, 0.1) is 5.92 Å². The van der Waals surface area contributed by atoms with Crippen molar-refractivity contribution >= 4 is 18.0 Å². The lowest BCUT2D eigenvalue weighted by Crippen LogP contribution is -2.43. The Hall–Kier alpha value is -3.35. The van der Waals surface area contributed by atoms with Crippen LogP contribution in [0.25, 0.3) is 11.1 Å². The number of amides is 2. The Bertz CT molecular complexity index is 960. The number of rotatable bonds is 10. The molecule has 7 heteroatoms. The summed E-state index contributed by atoms with van der Waals surface area (Å²) in [6, 6.07) is 16.1. The van der Waals surface area contributed by atoms with Crippen LogP contribution in [0.5, 0.6) is 0 Å². The van der Waals surface area contributed by atoms with E-state index in [4.69, 9.17) is 9.84 Å². The van der Waals surface area contributed by atoms with Gasteiger partial charge in [-0.3, -0.25) is 9.59 Å². The number of carbonyl (C=O) groups excluding carboxylic acids is 2. The van der Waals surface area contributed by atoms with Crippen molar-refractivity contribution in [3.05, 3.63) is 59.7 Å². The van der Waals surface area contributed by atoms with Crippen LogP contribution in [0.2, 0.25) is 0 Å². The first-order chi connectivity index (χ1) is 15.8. The molecular weight excluding hydrogens is 420 g/mol. The van der Waals surface area contributed by atoms with Crippen LogP contribution < -0.4 is 5.32 Å². The number of carbonyl (C=O) groups is 3. The molecule has 2 N–H and O–H groups in total. The van der Waals surface area contributed by atoms with Crippen molar-refractivity contribution in [2.45, 2.75) is 45.6 Å². The largest absolute Gasteiger partial charge is 0.480 e. The number of alkyl carbamates (subject to hydrolysis) is 1. The number of benzene rings is 2. The smallest absolute Gasteiger partial charge is 0.407 e. The van der Waals surface area contributed by atoms with Crippen LogP contribution in [-0.4, -0.2) is 53.7 Å². The topological polar surface area (TPSA) is 95.9 Å². The standard InChI is InChI=1S/C26H32N2O5/c1-4-18(3)28(15-25(30)31)24(29)13-17(2)14-27-26(32)33-16-23-21-11-7-5-9-19(21)20-10-6-8-12-22(20)23/h5-12,17-18,23H,4,13-16H2,1-3H3,(H,27,32)(H,30,31). The number of fused-ring (bicyclic) bond motifs is 3. The van der Waals surface area contributed by atoms with Crippen molar-refractivity contribution in [1.29, 1.82) is 0 Å². The fraction of sp³-hybridized carbons (Fsp3) is 0.423. The zero-order valence-electron chi connectivity index (χ0n) is 19.4. The predicted molar refractivity (Wildman–Crippen MR) is 126 cm³/mol. The normalized spacial score (nSPS) is 14.0. The fourth-order valence-electron chi connectivity index (χ4n) is 4.25. The fourth-order valence-corrected chi connectivity index (χ4v) is 4.25. The molecule has 2 aromatic rings. The summed E-state index contributed by atoms with van der Waals surface area (Å²) < 4.78 is 5.53. The Balaban J connectivity index is 1.51. The summed E-state index contributed by atoms with van der Waals surface area (Å²) >= 11 is 0. The lowest BCUT2D eigenvalue weighted by molar-refractivity contribution is -0.146. The monoisotopic (exact) mass is 452 g/mol. The molecule has 1 aliphatic rings. The van der Waals surface area contributed by atoms with Crippen LogP contribution in [0.4, 0.5) is 4.79 Å². The second-order valence-corrected chi connectivity index (χ2v) is 8.69. The van der Waals surface area contributed by atoms with E-state index in [1.165, 1.54) is 16.0 Å². The van der Waals surface area contributed by atoms with Crippen LogP contribution in [0.3, 0.4) is 0 Å². The minimum Gasteiger partial charge on any atom is -0.480 e. The zero-order valence-corrected chi connectivity index (χ0v) is 19.4. The molecule has 176 valence electrons. The van der Waals surface area contributed by atoms with Gasteiger partial charge in [0.05, 0.1) is 0 Å². The molecule has 3 rings (SSSR count). The molecule has 0 heterocycles. The van der Waals surface area contributed by atoms with Crippen molar-refractivity contribution in [2.75, 3.05) is 19.7 Å². The van der Waals surface area contributed by atoms with Crippen molar-refractivity contribution in [3.8, 4) is 11.1 Å². The van der Waals surface area contributed by atoms with Gasteiger partial charge in [0.25, 0.3) is 0 Å². The van der Waals surface area contributed by atoms with Gasteiger partial charge >= 0.3 is 12.1 Å². The average Bonchev–Trinajstić information content (AvgIpc) is 3.13. The highest BCUT2D eigenvalue weighted by Gasteiger charge is 2.29. The molecule has 2 unspecified atom stereocenters. The van der Waals surface area contributed by atoms with E-state index in [2.05, 4.69) is 29.6 Å². The quantitative estimate of drug-likeness (QED) is 0.561. The number of hydrogen-bond donors (Lipinski definition) is 2. The van der Waals surface area contributed by atoms with Gasteiger partial charge < -0.3 is 20.1 Å². The lowest BCUT2D eigenvalue weighted by Gasteiger charge is -2.28. The van der Waals surface area contributed by atoms with Gasteiger partial charge in [-0.05, 0) is 41.5 Å². The molecule has 0 saturated carbocycles. The molecule has 0 radical (unpaired) electrons. The molecule has 2 aromatic carbocycles. The van der Waals surface area contributed by atoms with Crippen molar-refractivity contribution in [2.24, 2.45) is 5.92 Å².